The van der Waals surface area contributed by atoms with Gasteiger partial charge in [-0.1, -0.05) is 0 Å². The van der Waals surface area contributed by atoms with Gasteiger partial charge in [-0.25, -0.2) is 4.79 Å². The van der Waals surface area contributed by atoms with Gasteiger partial charge in [0.05, 0.1) is 11.9 Å². The molecule has 1 aliphatic heterocycles. The van der Waals surface area contributed by atoms with Gasteiger partial charge in [-0.3, -0.25) is 14.8 Å². The molecule has 2 rings (SSSR count). The molecule has 1 saturated heterocycles. The standard InChI is InChI=1S/C10H14N4O3/c1-10(2)8(15)13(7-5-11-12-6-7)3-4-14(10)9(16)17/h5-6H,3-4H2,1-2H3,(H,11,12)(H,16,17). The van der Waals surface area contributed by atoms with E-state index in [2.05, 4.69) is 10.2 Å². The molecule has 0 unspecified atom stereocenters. The minimum absolute atomic E-state index is 0.243. The zero-order valence-electron chi connectivity index (χ0n) is 9.67. The maximum absolute atomic E-state index is 12.2. The number of hydrogen-bond donors (Lipinski definition) is 2. The molecule has 0 radical (unpaired) electrons. The highest BCUT2D eigenvalue weighted by Gasteiger charge is 2.44. The van der Waals surface area contributed by atoms with Crippen LogP contribution in [0, 0.1) is 0 Å². The zero-order chi connectivity index (χ0) is 12.6. The summed E-state index contributed by atoms with van der Waals surface area (Å²) in [4.78, 5) is 26.0. The fraction of sp³-hybridized carbons (Fsp3) is 0.500. The second kappa shape index (κ2) is 3.76. The molecule has 0 aromatic carbocycles. The predicted molar refractivity (Wildman–Crippen MR) is 59.8 cm³/mol. The van der Waals surface area contributed by atoms with Gasteiger partial charge in [-0.15, -0.1) is 0 Å². The highest BCUT2D eigenvalue weighted by molar-refractivity contribution is 6.02. The average molecular weight is 238 g/mol. The second-order valence-corrected chi connectivity index (χ2v) is 4.41. The number of anilines is 1. The lowest BCUT2D eigenvalue weighted by molar-refractivity contribution is -0.130. The third-order valence-electron chi connectivity index (χ3n) is 3.02. The van der Waals surface area contributed by atoms with Crippen molar-refractivity contribution in [3.05, 3.63) is 12.4 Å². The molecule has 1 aliphatic rings. The van der Waals surface area contributed by atoms with E-state index in [1.165, 1.54) is 0 Å². The van der Waals surface area contributed by atoms with Gasteiger partial charge >= 0.3 is 6.09 Å². The Bertz CT molecular complexity index is 440. The van der Waals surface area contributed by atoms with E-state index >= 15 is 0 Å². The Kier molecular flexibility index (Phi) is 2.53. The molecule has 7 nitrogen and oxygen atoms in total. The van der Waals surface area contributed by atoms with Crippen molar-refractivity contribution >= 4 is 17.7 Å². The van der Waals surface area contributed by atoms with E-state index < -0.39 is 11.6 Å². The van der Waals surface area contributed by atoms with Gasteiger partial charge in [0.15, 0.2) is 0 Å². The first-order valence-electron chi connectivity index (χ1n) is 5.26. The molecule has 0 spiro atoms. The van der Waals surface area contributed by atoms with Crippen LogP contribution in [0.2, 0.25) is 0 Å². The summed E-state index contributed by atoms with van der Waals surface area (Å²) in [5.41, 5.74) is -0.394. The lowest BCUT2D eigenvalue weighted by Crippen LogP contribution is -2.64. The Labute approximate surface area is 98.0 Å². The van der Waals surface area contributed by atoms with Crippen LogP contribution in [0.5, 0.6) is 0 Å². The van der Waals surface area contributed by atoms with Crippen LogP contribution >= 0.6 is 0 Å². The first kappa shape index (κ1) is 11.4. The number of rotatable bonds is 1. The fourth-order valence-corrected chi connectivity index (χ4v) is 2.00. The topological polar surface area (TPSA) is 89.5 Å². The average Bonchev–Trinajstić information content (AvgIpc) is 2.74. The van der Waals surface area contributed by atoms with Crippen LogP contribution in [0.1, 0.15) is 13.8 Å². The van der Waals surface area contributed by atoms with Gasteiger partial charge in [0.1, 0.15) is 5.54 Å². The minimum atomic E-state index is -1.07. The number of carbonyl (C=O) groups is 2. The van der Waals surface area contributed by atoms with Crippen LogP contribution in [0.4, 0.5) is 10.5 Å². The van der Waals surface area contributed by atoms with Crippen molar-refractivity contribution in [3.63, 3.8) is 0 Å². The van der Waals surface area contributed by atoms with Crippen molar-refractivity contribution in [2.45, 2.75) is 19.4 Å². The molecule has 0 saturated carbocycles. The molecule has 17 heavy (non-hydrogen) atoms. The molecule has 1 aromatic heterocycles. The lowest BCUT2D eigenvalue weighted by Gasteiger charge is -2.43. The van der Waals surface area contributed by atoms with Crippen LogP contribution < -0.4 is 4.90 Å². The lowest BCUT2D eigenvalue weighted by atomic mass is 9.98. The van der Waals surface area contributed by atoms with Gasteiger partial charge in [0.25, 0.3) is 5.91 Å². The molecule has 2 heterocycles. The highest BCUT2D eigenvalue weighted by Crippen LogP contribution is 2.26. The van der Waals surface area contributed by atoms with E-state index in [1.807, 2.05) is 0 Å². The largest absolute Gasteiger partial charge is 0.465 e. The molecule has 0 aliphatic carbocycles. The number of aromatic amines is 1. The van der Waals surface area contributed by atoms with Crippen molar-refractivity contribution in [2.75, 3.05) is 18.0 Å². The van der Waals surface area contributed by atoms with E-state index in [0.29, 0.717) is 18.8 Å². The van der Waals surface area contributed by atoms with Crippen molar-refractivity contribution in [1.82, 2.24) is 15.1 Å². The third kappa shape index (κ3) is 1.73. The monoisotopic (exact) mass is 238 g/mol. The molecule has 1 aromatic rings. The number of H-pyrrole nitrogens is 1. The normalized spacial score (nSPS) is 19.5. The summed E-state index contributed by atoms with van der Waals surface area (Å²) in [6, 6.07) is 0. The van der Waals surface area contributed by atoms with Crippen molar-refractivity contribution in [3.8, 4) is 0 Å². The number of hydrogen-bond acceptors (Lipinski definition) is 3. The first-order valence-corrected chi connectivity index (χ1v) is 5.26. The van der Waals surface area contributed by atoms with Crippen LogP contribution in [-0.4, -0.2) is 50.8 Å². The summed E-state index contributed by atoms with van der Waals surface area (Å²) in [6.45, 7) is 3.85. The Morgan fingerprint density at radius 1 is 1.53 bits per heavy atom. The molecular weight excluding hydrogens is 224 g/mol. The summed E-state index contributed by atoms with van der Waals surface area (Å²) >= 11 is 0. The third-order valence-corrected chi connectivity index (χ3v) is 3.02. The Balaban J connectivity index is 2.28. The summed E-state index contributed by atoms with van der Waals surface area (Å²) in [5.74, 6) is -0.243. The summed E-state index contributed by atoms with van der Waals surface area (Å²) in [6.07, 6.45) is 2.09. The number of aromatic nitrogens is 2. The van der Waals surface area contributed by atoms with E-state index in [0.717, 1.165) is 4.90 Å². The smallest absolute Gasteiger partial charge is 0.408 e. The number of carbonyl (C=O) groups excluding carboxylic acids is 1. The minimum Gasteiger partial charge on any atom is -0.465 e. The van der Waals surface area contributed by atoms with Crippen molar-refractivity contribution in [2.24, 2.45) is 0 Å². The molecule has 92 valence electrons. The maximum Gasteiger partial charge on any atom is 0.408 e. The fourth-order valence-electron chi connectivity index (χ4n) is 2.00. The molecule has 1 fully saturated rings. The van der Waals surface area contributed by atoms with E-state index in [9.17, 15) is 9.59 Å². The Hall–Kier alpha value is -2.05. The van der Waals surface area contributed by atoms with E-state index in [-0.39, 0.29) is 5.91 Å². The Morgan fingerprint density at radius 2 is 2.24 bits per heavy atom. The molecule has 2 amide bonds. The van der Waals surface area contributed by atoms with Gasteiger partial charge in [0, 0.05) is 19.3 Å². The summed E-state index contributed by atoms with van der Waals surface area (Å²) < 4.78 is 0. The van der Waals surface area contributed by atoms with Crippen LogP contribution in [0.25, 0.3) is 0 Å². The molecular formula is C10H14N4O3. The molecule has 0 bridgehead atoms. The van der Waals surface area contributed by atoms with Gasteiger partial charge in [-0.2, -0.15) is 5.10 Å². The van der Waals surface area contributed by atoms with E-state index in [1.54, 1.807) is 31.1 Å². The Morgan fingerprint density at radius 3 is 2.76 bits per heavy atom. The van der Waals surface area contributed by atoms with E-state index in [4.69, 9.17) is 5.11 Å². The van der Waals surface area contributed by atoms with Gasteiger partial charge in [-0.05, 0) is 13.8 Å². The number of nitrogens with one attached hydrogen (secondary N) is 1. The summed E-state index contributed by atoms with van der Waals surface area (Å²) in [7, 11) is 0. The van der Waals surface area contributed by atoms with Crippen molar-refractivity contribution in [1.29, 1.82) is 0 Å². The number of piperazine rings is 1. The first-order chi connectivity index (χ1) is 7.94. The van der Waals surface area contributed by atoms with Crippen LogP contribution in [-0.2, 0) is 4.79 Å². The molecule has 7 heteroatoms. The number of carboxylic acid groups (broad SMARTS) is 1. The van der Waals surface area contributed by atoms with Crippen LogP contribution in [0.15, 0.2) is 12.4 Å². The van der Waals surface area contributed by atoms with Gasteiger partial charge in [0.2, 0.25) is 0 Å². The van der Waals surface area contributed by atoms with Crippen LogP contribution in [0.3, 0.4) is 0 Å². The molecule has 0 atom stereocenters. The SMILES string of the molecule is CC1(C)C(=O)N(c2cn[nH]c2)CCN1C(=O)O. The highest BCUT2D eigenvalue weighted by atomic mass is 16.4. The number of amides is 2. The maximum atomic E-state index is 12.2. The van der Waals surface area contributed by atoms with Crippen molar-refractivity contribution < 1.29 is 14.7 Å². The zero-order valence-corrected chi connectivity index (χ0v) is 9.67. The quantitative estimate of drug-likeness (QED) is 0.746. The predicted octanol–water partition coefficient (Wildman–Crippen LogP) is 0.515. The molecule has 2 N–H and O–H groups in total. The number of nitrogens with zero attached hydrogens (tertiary/aromatic N) is 3. The van der Waals surface area contributed by atoms with Gasteiger partial charge < -0.3 is 10.0 Å². The summed E-state index contributed by atoms with van der Waals surface area (Å²) in [5, 5.41) is 15.5. The second-order valence-electron chi connectivity index (χ2n) is 4.41.